The molecule has 2 aliphatic heterocycles. The Morgan fingerprint density at radius 1 is 1.19 bits per heavy atom. The Morgan fingerprint density at radius 3 is 2.62 bits per heavy atom. The molecule has 3 N–H and O–H groups in total. The lowest BCUT2D eigenvalue weighted by molar-refractivity contribution is 0.175. The predicted molar refractivity (Wildman–Crippen MR) is 91.2 cm³/mol. The van der Waals surface area contributed by atoms with Crippen LogP contribution in [0.1, 0.15) is 31.2 Å². The van der Waals surface area contributed by atoms with E-state index in [1.54, 1.807) is 0 Å². The van der Waals surface area contributed by atoms with Crippen molar-refractivity contribution in [3.8, 4) is 0 Å². The van der Waals surface area contributed by atoms with Crippen molar-refractivity contribution in [1.82, 2.24) is 4.90 Å². The van der Waals surface area contributed by atoms with E-state index in [0.717, 1.165) is 23.1 Å². The van der Waals surface area contributed by atoms with Crippen LogP contribution in [0.3, 0.4) is 0 Å². The third-order valence-electron chi connectivity index (χ3n) is 4.67. The van der Waals surface area contributed by atoms with E-state index in [9.17, 15) is 0 Å². The first-order valence-corrected chi connectivity index (χ1v) is 8.57. The summed E-state index contributed by atoms with van der Waals surface area (Å²) in [5.41, 5.74) is 7.55. The number of nitrogens with zero attached hydrogens (tertiary/aromatic N) is 2. The van der Waals surface area contributed by atoms with Gasteiger partial charge in [0.25, 0.3) is 0 Å². The molecule has 3 rings (SSSR count). The molecule has 2 saturated heterocycles. The standard InChI is InChI=1S/C16H23BrN4/c17-14-10-12(16(18)19)4-5-15(14)21-9-6-13(11-21)20-7-2-1-3-8-20/h4-5,10,13H,1-3,6-9,11H2,(H3,18,19). The van der Waals surface area contributed by atoms with Gasteiger partial charge in [-0.05, 0) is 66.5 Å². The van der Waals surface area contributed by atoms with Crippen LogP contribution >= 0.6 is 15.9 Å². The van der Waals surface area contributed by atoms with Gasteiger partial charge < -0.3 is 10.6 Å². The first kappa shape index (κ1) is 14.9. The van der Waals surface area contributed by atoms with Crippen LogP contribution in [0.4, 0.5) is 5.69 Å². The summed E-state index contributed by atoms with van der Waals surface area (Å²) >= 11 is 3.63. The molecule has 1 aromatic rings. The molecule has 2 fully saturated rings. The average Bonchev–Trinajstić information content (AvgIpc) is 2.97. The van der Waals surface area contributed by atoms with Gasteiger partial charge in [0.2, 0.25) is 0 Å². The zero-order valence-electron chi connectivity index (χ0n) is 12.3. The highest BCUT2D eigenvalue weighted by Crippen LogP contribution is 2.31. The van der Waals surface area contributed by atoms with Crippen LogP contribution in [-0.2, 0) is 0 Å². The van der Waals surface area contributed by atoms with Gasteiger partial charge >= 0.3 is 0 Å². The summed E-state index contributed by atoms with van der Waals surface area (Å²) in [6, 6.07) is 6.67. The fourth-order valence-electron chi connectivity index (χ4n) is 3.47. The van der Waals surface area contributed by atoms with Crippen molar-refractivity contribution in [1.29, 1.82) is 5.41 Å². The molecule has 2 heterocycles. The maximum atomic E-state index is 7.51. The van der Waals surface area contributed by atoms with Crippen LogP contribution in [-0.4, -0.2) is 43.0 Å². The molecular formula is C16H23BrN4. The molecular weight excluding hydrogens is 328 g/mol. The Morgan fingerprint density at radius 2 is 1.95 bits per heavy atom. The molecule has 0 spiro atoms. The van der Waals surface area contributed by atoms with Gasteiger partial charge in [0.1, 0.15) is 5.84 Å². The Balaban J connectivity index is 1.69. The first-order valence-electron chi connectivity index (χ1n) is 7.78. The molecule has 0 bridgehead atoms. The number of nitrogen functional groups attached to an aromatic ring is 1. The number of likely N-dealkylation sites (tertiary alicyclic amines) is 1. The maximum Gasteiger partial charge on any atom is 0.122 e. The van der Waals surface area contributed by atoms with E-state index in [1.807, 2.05) is 12.1 Å². The summed E-state index contributed by atoms with van der Waals surface area (Å²) < 4.78 is 1.04. The first-order chi connectivity index (χ1) is 10.1. The van der Waals surface area contributed by atoms with Crippen LogP contribution in [0.2, 0.25) is 0 Å². The summed E-state index contributed by atoms with van der Waals surface area (Å²) in [6.07, 6.45) is 5.35. The molecule has 5 heteroatoms. The summed E-state index contributed by atoms with van der Waals surface area (Å²) in [5, 5.41) is 7.51. The van der Waals surface area contributed by atoms with Gasteiger partial charge in [-0.25, -0.2) is 0 Å². The lowest BCUT2D eigenvalue weighted by Crippen LogP contribution is -2.40. The Bertz CT molecular complexity index is 525. The van der Waals surface area contributed by atoms with Crippen LogP contribution in [0.5, 0.6) is 0 Å². The van der Waals surface area contributed by atoms with Crippen molar-refractivity contribution < 1.29 is 0 Å². The van der Waals surface area contributed by atoms with Crippen LogP contribution in [0.15, 0.2) is 22.7 Å². The summed E-state index contributed by atoms with van der Waals surface area (Å²) in [5.74, 6) is 0.120. The fraction of sp³-hybridized carbons (Fsp3) is 0.562. The number of nitrogens with two attached hydrogens (primary N) is 1. The monoisotopic (exact) mass is 350 g/mol. The molecule has 1 aromatic carbocycles. The van der Waals surface area contributed by atoms with Crippen LogP contribution in [0, 0.1) is 5.41 Å². The highest BCUT2D eigenvalue weighted by atomic mass is 79.9. The van der Waals surface area contributed by atoms with E-state index >= 15 is 0 Å². The van der Waals surface area contributed by atoms with Crippen molar-refractivity contribution in [3.05, 3.63) is 28.2 Å². The zero-order chi connectivity index (χ0) is 14.8. The summed E-state index contributed by atoms with van der Waals surface area (Å²) in [4.78, 5) is 5.12. The second-order valence-corrected chi connectivity index (χ2v) is 6.92. The highest BCUT2D eigenvalue weighted by molar-refractivity contribution is 9.10. The Hall–Kier alpha value is -1.07. The van der Waals surface area contributed by atoms with E-state index in [0.29, 0.717) is 6.04 Å². The fourth-order valence-corrected chi connectivity index (χ4v) is 4.10. The largest absolute Gasteiger partial charge is 0.384 e. The van der Waals surface area contributed by atoms with E-state index in [-0.39, 0.29) is 5.84 Å². The van der Waals surface area contributed by atoms with Gasteiger partial charge in [0.05, 0.1) is 5.69 Å². The number of hydrogen-bond donors (Lipinski definition) is 2. The number of amidine groups is 1. The second kappa shape index (κ2) is 6.36. The van der Waals surface area contributed by atoms with E-state index in [1.165, 1.54) is 44.5 Å². The number of halogens is 1. The lowest BCUT2D eigenvalue weighted by atomic mass is 10.1. The molecule has 1 unspecified atom stereocenters. The summed E-state index contributed by atoms with van der Waals surface area (Å²) in [6.45, 7) is 4.75. The van der Waals surface area contributed by atoms with Gasteiger partial charge in [-0.3, -0.25) is 10.3 Å². The summed E-state index contributed by atoms with van der Waals surface area (Å²) in [7, 11) is 0. The van der Waals surface area contributed by atoms with Crippen molar-refractivity contribution in [3.63, 3.8) is 0 Å². The van der Waals surface area contributed by atoms with Gasteiger partial charge in [0.15, 0.2) is 0 Å². The quantitative estimate of drug-likeness (QED) is 0.650. The molecule has 0 amide bonds. The zero-order valence-corrected chi connectivity index (χ0v) is 13.9. The van der Waals surface area contributed by atoms with Crippen molar-refractivity contribution in [2.24, 2.45) is 5.73 Å². The van der Waals surface area contributed by atoms with Crippen LogP contribution in [0.25, 0.3) is 0 Å². The highest BCUT2D eigenvalue weighted by Gasteiger charge is 2.29. The van der Waals surface area contributed by atoms with E-state index in [4.69, 9.17) is 11.1 Å². The molecule has 21 heavy (non-hydrogen) atoms. The number of benzene rings is 1. The predicted octanol–water partition coefficient (Wildman–Crippen LogP) is 2.80. The van der Waals surface area contributed by atoms with Crippen molar-refractivity contribution in [2.75, 3.05) is 31.1 Å². The Labute approximate surface area is 134 Å². The van der Waals surface area contributed by atoms with Crippen molar-refractivity contribution in [2.45, 2.75) is 31.7 Å². The third-order valence-corrected chi connectivity index (χ3v) is 5.30. The third kappa shape index (κ3) is 3.24. The number of piperidine rings is 1. The molecule has 114 valence electrons. The normalized spacial score (nSPS) is 23.5. The van der Waals surface area contributed by atoms with Crippen molar-refractivity contribution >= 4 is 27.5 Å². The average molecular weight is 351 g/mol. The minimum Gasteiger partial charge on any atom is -0.384 e. The molecule has 2 aliphatic rings. The minimum absolute atomic E-state index is 0.120. The smallest absolute Gasteiger partial charge is 0.122 e. The molecule has 0 aliphatic carbocycles. The maximum absolute atomic E-state index is 7.51. The number of anilines is 1. The lowest BCUT2D eigenvalue weighted by Gasteiger charge is -2.32. The van der Waals surface area contributed by atoms with E-state index in [2.05, 4.69) is 31.8 Å². The van der Waals surface area contributed by atoms with Gasteiger partial charge in [-0.2, -0.15) is 0 Å². The van der Waals surface area contributed by atoms with Gasteiger partial charge in [0, 0.05) is 29.2 Å². The number of nitrogens with one attached hydrogen (secondary N) is 1. The number of rotatable bonds is 3. The topological polar surface area (TPSA) is 56.4 Å². The van der Waals surface area contributed by atoms with Gasteiger partial charge in [-0.1, -0.05) is 6.42 Å². The Kier molecular flexibility index (Phi) is 4.50. The molecule has 4 nitrogen and oxygen atoms in total. The number of hydrogen-bond acceptors (Lipinski definition) is 3. The SMILES string of the molecule is N=C(N)c1ccc(N2CCC(N3CCCCC3)C2)c(Br)c1. The molecule has 0 aromatic heterocycles. The molecule has 0 saturated carbocycles. The molecule has 0 radical (unpaired) electrons. The van der Waals surface area contributed by atoms with E-state index < -0.39 is 0 Å². The molecule has 1 atom stereocenters. The minimum atomic E-state index is 0.120. The van der Waals surface area contributed by atoms with Crippen LogP contribution < -0.4 is 10.6 Å². The second-order valence-electron chi connectivity index (χ2n) is 6.07. The van der Waals surface area contributed by atoms with Gasteiger partial charge in [-0.15, -0.1) is 0 Å².